The monoisotopic (exact) mass is 260 g/mol. The second-order valence-electron chi connectivity index (χ2n) is 4.21. The maximum absolute atomic E-state index is 13.3. The first kappa shape index (κ1) is 12.9. The number of carboxylic acid groups (broad SMARTS) is 1. The number of benzene rings is 2. The van der Waals surface area contributed by atoms with E-state index in [0.717, 1.165) is 5.56 Å². The Kier molecular flexibility index (Phi) is 3.37. The molecule has 0 saturated heterocycles. The van der Waals surface area contributed by atoms with Gasteiger partial charge in [-0.05, 0) is 42.8 Å². The van der Waals surface area contributed by atoms with Gasteiger partial charge in [0, 0.05) is 5.69 Å². The minimum atomic E-state index is -1.10. The first-order valence-corrected chi connectivity index (χ1v) is 5.63. The maximum Gasteiger partial charge on any atom is 0.337 e. The molecule has 0 aliphatic carbocycles. The van der Waals surface area contributed by atoms with Gasteiger partial charge < -0.3 is 16.2 Å². The number of carbonyl (C=O) groups is 1. The quantitative estimate of drug-likeness (QED) is 0.741. The summed E-state index contributed by atoms with van der Waals surface area (Å²) >= 11 is 0. The SMILES string of the molecule is Cc1cc(F)cc(Nc2cccc(C(=O)O)c2N)c1. The van der Waals surface area contributed by atoms with E-state index in [0.29, 0.717) is 11.4 Å². The lowest BCUT2D eigenvalue weighted by molar-refractivity contribution is 0.0698. The van der Waals surface area contributed by atoms with Crippen molar-refractivity contribution in [1.29, 1.82) is 0 Å². The molecule has 0 amide bonds. The predicted molar refractivity (Wildman–Crippen MR) is 72.2 cm³/mol. The average molecular weight is 260 g/mol. The molecule has 0 unspecified atom stereocenters. The minimum Gasteiger partial charge on any atom is -0.478 e. The van der Waals surface area contributed by atoms with E-state index in [1.54, 1.807) is 25.1 Å². The molecule has 0 aromatic heterocycles. The molecule has 0 saturated carbocycles. The number of halogens is 1. The van der Waals surface area contributed by atoms with E-state index in [2.05, 4.69) is 5.32 Å². The zero-order valence-electron chi connectivity index (χ0n) is 10.3. The van der Waals surface area contributed by atoms with Crippen molar-refractivity contribution < 1.29 is 14.3 Å². The number of aromatic carboxylic acids is 1. The zero-order valence-corrected chi connectivity index (χ0v) is 10.3. The van der Waals surface area contributed by atoms with Crippen LogP contribution in [0, 0.1) is 12.7 Å². The highest BCUT2D eigenvalue weighted by atomic mass is 19.1. The first-order valence-electron chi connectivity index (χ1n) is 5.63. The van der Waals surface area contributed by atoms with Crippen molar-refractivity contribution in [1.82, 2.24) is 0 Å². The van der Waals surface area contributed by atoms with Gasteiger partial charge in [-0.25, -0.2) is 9.18 Å². The minimum absolute atomic E-state index is 0.0122. The molecule has 0 heterocycles. The molecule has 5 heteroatoms. The van der Waals surface area contributed by atoms with E-state index >= 15 is 0 Å². The Balaban J connectivity index is 2.38. The van der Waals surface area contributed by atoms with E-state index in [-0.39, 0.29) is 17.1 Å². The van der Waals surface area contributed by atoms with Gasteiger partial charge in [-0.15, -0.1) is 0 Å². The molecule has 2 rings (SSSR count). The van der Waals surface area contributed by atoms with E-state index in [9.17, 15) is 9.18 Å². The van der Waals surface area contributed by atoms with E-state index in [1.165, 1.54) is 18.2 Å². The van der Waals surface area contributed by atoms with Gasteiger partial charge in [0.15, 0.2) is 0 Å². The third-order valence-electron chi connectivity index (χ3n) is 2.66. The van der Waals surface area contributed by atoms with Crippen molar-refractivity contribution in [2.45, 2.75) is 6.92 Å². The topological polar surface area (TPSA) is 75.3 Å². The standard InChI is InChI=1S/C14H13FN2O2/c1-8-5-9(15)7-10(6-8)17-12-4-2-3-11(13(12)16)14(18)19/h2-7,17H,16H2,1H3,(H,18,19). The van der Waals surface area contributed by atoms with Gasteiger partial charge in [-0.2, -0.15) is 0 Å². The lowest BCUT2D eigenvalue weighted by Gasteiger charge is -2.11. The van der Waals surface area contributed by atoms with Crippen molar-refractivity contribution in [3.8, 4) is 0 Å². The highest BCUT2D eigenvalue weighted by Crippen LogP contribution is 2.27. The first-order chi connectivity index (χ1) is 8.97. The molecule has 4 N–H and O–H groups in total. The molecule has 0 spiro atoms. The van der Waals surface area contributed by atoms with Gasteiger partial charge in [0.2, 0.25) is 0 Å². The second kappa shape index (κ2) is 4.97. The third-order valence-corrected chi connectivity index (χ3v) is 2.66. The summed E-state index contributed by atoms with van der Waals surface area (Å²) in [6.45, 7) is 1.77. The number of hydrogen-bond acceptors (Lipinski definition) is 3. The second-order valence-corrected chi connectivity index (χ2v) is 4.21. The molecule has 0 aliphatic heterocycles. The Morgan fingerprint density at radius 1 is 1.32 bits per heavy atom. The molecule has 4 nitrogen and oxygen atoms in total. The summed E-state index contributed by atoms with van der Waals surface area (Å²) in [4.78, 5) is 11.0. The summed E-state index contributed by atoms with van der Waals surface area (Å²) in [6, 6.07) is 9.11. The van der Waals surface area contributed by atoms with E-state index in [1.807, 2.05) is 0 Å². The predicted octanol–water partition coefficient (Wildman–Crippen LogP) is 3.16. The van der Waals surface area contributed by atoms with Gasteiger partial charge in [0.25, 0.3) is 0 Å². The lowest BCUT2D eigenvalue weighted by atomic mass is 10.1. The van der Waals surface area contributed by atoms with Crippen LogP contribution in [-0.2, 0) is 0 Å². The summed E-state index contributed by atoms with van der Waals surface area (Å²) in [5, 5.41) is 11.9. The van der Waals surface area contributed by atoms with Crippen LogP contribution in [0.5, 0.6) is 0 Å². The van der Waals surface area contributed by atoms with Gasteiger partial charge in [-0.1, -0.05) is 6.07 Å². The zero-order chi connectivity index (χ0) is 14.0. The number of aryl methyl sites for hydroxylation is 1. The van der Waals surface area contributed by atoms with Crippen LogP contribution in [0.2, 0.25) is 0 Å². The summed E-state index contributed by atoms with van der Waals surface area (Å²) in [7, 11) is 0. The summed E-state index contributed by atoms with van der Waals surface area (Å²) < 4.78 is 13.3. The van der Waals surface area contributed by atoms with E-state index in [4.69, 9.17) is 10.8 Å². The number of rotatable bonds is 3. The van der Waals surface area contributed by atoms with Crippen LogP contribution >= 0.6 is 0 Å². The Hall–Kier alpha value is -2.56. The van der Waals surface area contributed by atoms with Gasteiger partial charge in [-0.3, -0.25) is 0 Å². The fraction of sp³-hybridized carbons (Fsp3) is 0.0714. The normalized spacial score (nSPS) is 10.2. The van der Waals surface area contributed by atoms with Crippen LogP contribution < -0.4 is 11.1 Å². The van der Waals surface area contributed by atoms with Crippen LogP contribution in [0.4, 0.5) is 21.5 Å². The van der Waals surface area contributed by atoms with Crippen LogP contribution in [0.1, 0.15) is 15.9 Å². The molecule has 0 aliphatic rings. The molecule has 2 aromatic carbocycles. The van der Waals surface area contributed by atoms with Gasteiger partial charge >= 0.3 is 5.97 Å². The Morgan fingerprint density at radius 2 is 2.05 bits per heavy atom. The Labute approximate surface area is 109 Å². The summed E-state index contributed by atoms with van der Waals surface area (Å²) in [5.41, 5.74) is 7.62. The summed E-state index contributed by atoms with van der Waals surface area (Å²) in [6.07, 6.45) is 0. The Morgan fingerprint density at radius 3 is 2.68 bits per heavy atom. The smallest absolute Gasteiger partial charge is 0.337 e. The molecule has 0 fully saturated rings. The number of carboxylic acids is 1. The molecular formula is C14H13FN2O2. The van der Waals surface area contributed by atoms with Gasteiger partial charge in [0.1, 0.15) is 5.82 Å². The van der Waals surface area contributed by atoms with Crippen molar-refractivity contribution in [2.75, 3.05) is 11.1 Å². The van der Waals surface area contributed by atoms with Crippen LogP contribution in [0.15, 0.2) is 36.4 Å². The number of hydrogen-bond donors (Lipinski definition) is 3. The summed E-state index contributed by atoms with van der Waals surface area (Å²) in [5.74, 6) is -1.47. The van der Waals surface area contributed by atoms with Crippen LogP contribution in [0.3, 0.4) is 0 Å². The number of para-hydroxylation sites is 1. The molecule has 98 valence electrons. The number of anilines is 3. The largest absolute Gasteiger partial charge is 0.478 e. The number of nitrogen functional groups attached to an aromatic ring is 1. The molecule has 0 radical (unpaired) electrons. The average Bonchev–Trinajstić information content (AvgIpc) is 2.30. The van der Waals surface area contributed by atoms with Crippen molar-refractivity contribution >= 4 is 23.0 Å². The van der Waals surface area contributed by atoms with Gasteiger partial charge in [0.05, 0.1) is 16.9 Å². The van der Waals surface area contributed by atoms with Crippen LogP contribution in [-0.4, -0.2) is 11.1 Å². The Bertz CT molecular complexity index is 621. The maximum atomic E-state index is 13.3. The highest BCUT2D eigenvalue weighted by molar-refractivity contribution is 5.97. The van der Waals surface area contributed by atoms with Crippen LogP contribution in [0.25, 0.3) is 0 Å². The van der Waals surface area contributed by atoms with Crippen molar-refractivity contribution in [2.24, 2.45) is 0 Å². The molecule has 0 bridgehead atoms. The molecule has 0 atom stereocenters. The van der Waals surface area contributed by atoms with E-state index < -0.39 is 5.97 Å². The number of nitrogens with one attached hydrogen (secondary N) is 1. The number of nitrogens with two attached hydrogens (primary N) is 1. The lowest BCUT2D eigenvalue weighted by Crippen LogP contribution is -2.05. The fourth-order valence-corrected chi connectivity index (χ4v) is 1.82. The fourth-order valence-electron chi connectivity index (χ4n) is 1.82. The molecule has 19 heavy (non-hydrogen) atoms. The molecular weight excluding hydrogens is 247 g/mol. The molecule has 2 aromatic rings. The van der Waals surface area contributed by atoms with Crippen molar-refractivity contribution in [3.63, 3.8) is 0 Å². The van der Waals surface area contributed by atoms with Crippen molar-refractivity contribution in [3.05, 3.63) is 53.3 Å². The highest BCUT2D eigenvalue weighted by Gasteiger charge is 2.11. The third kappa shape index (κ3) is 2.82.